The zero-order valence-corrected chi connectivity index (χ0v) is 50.5. The molecule has 0 saturated heterocycles. The van der Waals surface area contributed by atoms with E-state index in [0.29, 0.717) is 23.9 Å². The summed E-state index contributed by atoms with van der Waals surface area (Å²) < 4.78 is 34.5. The molecule has 1 N–H and O–H groups in total. The normalized spacial score (nSPS) is 14.5. The van der Waals surface area contributed by atoms with E-state index in [1.54, 1.807) is 0 Å². The smallest absolute Gasteiger partial charge is 0.462 e. The van der Waals surface area contributed by atoms with Gasteiger partial charge in [-0.25, -0.2) is 4.57 Å². The molecule has 0 bridgehead atoms. The molecule has 438 valence electrons. The number of likely N-dealkylation sites (N-methyl/N-ethyl adjacent to an activating group) is 1. The predicted octanol–water partition coefficient (Wildman–Crippen LogP) is 19.0. The van der Waals surface area contributed by atoms with E-state index < -0.39 is 32.5 Å². The Morgan fingerprint density at radius 1 is 0.397 bits per heavy atom. The molecule has 2 unspecified atom stereocenters. The quantitative estimate of drug-likeness (QED) is 0.0211. The topological polar surface area (TPSA) is 108 Å². The molecule has 0 saturated carbocycles. The lowest BCUT2D eigenvalue weighted by Gasteiger charge is -2.24. The Bertz CT molecular complexity index is 1920. The third-order valence-electron chi connectivity index (χ3n) is 11.7. The van der Waals surface area contributed by atoms with E-state index in [-0.39, 0.29) is 26.1 Å². The van der Waals surface area contributed by atoms with Gasteiger partial charge in [0.1, 0.15) is 19.8 Å². The molecule has 0 aliphatic heterocycles. The number of hydrogen-bond acceptors (Lipinski definition) is 7. The van der Waals surface area contributed by atoms with Crippen LogP contribution in [-0.4, -0.2) is 74.9 Å². The first-order valence-electron chi connectivity index (χ1n) is 29.9. The van der Waals surface area contributed by atoms with Gasteiger partial charge in [0.15, 0.2) is 6.10 Å². The summed E-state index contributed by atoms with van der Waals surface area (Å²) in [5.41, 5.74) is 0. The van der Waals surface area contributed by atoms with Gasteiger partial charge in [-0.2, -0.15) is 0 Å². The van der Waals surface area contributed by atoms with E-state index in [0.717, 1.165) is 128 Å². The van der Waals surface area contributed by atoms with E-state index in [2.05, 4.69) is 184 Å². The summed E-state index contributed by atoms with van der Waals surface area (Å²) in [5, 5.41) is 0. The fourth-order valence-corrected chi connectivity index (χ4v) is 7.95. The predicted molar refractivity (Wildman–Crippen MR) is 334 cm³/mol. The number of esters is 2. The number of allylic oxidation sites excluding steroid dienone is 28. The Balaban J connectivity index is 4.32. The fourth-order valence-electron chi connectivity index (χ4n) is 7.21. The lowest BCUT2D eigenvalue weighted by Crippen LogP contribution is -2.37. The van der Waals surface area contributed by atoms with Crippen LogP contribution in [0.1, 0.15) is 194 Å². The van der Waals surface area contributed by atoms with Gasteiger partial charge >= 0.3 is 19.8 Å². The zero-order chi connectivity index (χ0) is 57.0. The first-order chi connectivity index (χ1) is 38.0. The maximum Gasteiger partial charge on any atom is 0.472 e. The van der Waals surface area contributed by atoms with Crippen molar-refractivity contribution >= 4 is 19.8 Å². The number of unbranched alkanes of at least 4 members (excludes halogenated alkanes) is 10. The second-order valence-corrected chi connectivity index (χ2v) is 21.7. The molecule has 0 aromatic rings. The Kier molecular flexibility index (Phi) is 53.7. The molecule has 0 aliphatic rings. The van der Waals surface area contributed by atoms with Crippen molar-refractivity contribution < 1.29 is 42.1 Å². The van der Waals surface area contributed by atoms with Crippen molar-refractivity contribution in [2.45, 2.75) is 200 Å². The standard InChI is InChI=1S/C68H108NO8P/c1-6-8-10-12-14-16-18-20-22-24-26-28-29-30-31-32-33-34-35-36-37-38-39-41-43-45-47-49-51-53-55-57-59-61-68(71)77-66(65-76-78(72,73)75-63-62-69(3,4)5)64-74-67(70)60-58-56-54-52-50-48-46-44-42-40-27-25-23-21-19-17-15-13-11-9-7-2/h8-11,14-17,20-23,26-28,30-31,33-34,36-37,39-41,45,47,51,53,66H,6-7,12-13,18-19,24-25,29,32,35,38,42-44,46,48-50,52,54-65H2,1-5H3/p+1/b10-8-,11-9-,16-14-,17-15-,22-20-,23-21-,28-26-,31-30-,34-33-,37-36-,40-27-,41-39-,47-45-,53-51-. The molecule has 0 aromatic carbocycles. The van der Waals surface area contributed by atoms with Crippen LogP contribution in [0.25, 0.3) is 0 Å². The van der Waals surface area contributed by atoms with Crippen LogP contribution in [0.3, 0.4) is 0 Å². The van der Waals surface area contributed by atoms with Gasteiger partial charge in [0.25, 0.3) is 0 Å². The molecule has 10 heteroatoms. The summed E-state index contributed by atoms with van der Waals surface area (Å²) >= 11 is 0. The monoisotopic (exact) mass is 1100 g/mol. The van der Waals surface area contributed by atoms with Gasteiger partial charge < -0.3 is 18.9 Å². The Morgan fingerprint density at radius 2 is 0.692 bits per heavy atom. The largest absolute Gasteiger partial charge is 0.472 e. The van der Waals surface area contributed by atoms with Crippen molar-refractivity contribution in [3.05, 3.63) is 170 Å². The minimum Gasteiger partial charge on any atom is -0.462 e. The number of carbonyl (C=O) groups is 2. The van der Waals surface area contributed by atoms with Crippen molar-refractivity contribution in [2.75, 3.05) is 47.5 Å². The summed E-state index contributed by atoms with van der Waals surface area (Å²) in [5.74, 6) is -0.874. The number of phosphoric acid groups is 1. The zero-order valence-electron chi connectivity index (χ0n) is 49.6. The highest BCUT2D eigenvalue weighted by atomic mass is 31.2. The summed E-state index contributed by atoms with van der Waals surface area (Å²) in [6, 6.07) is 0. The molecule has 2 atom stereocenters. The number of carbonyl (C=O) groups excluding carboxylic acids is 2. The maximum absolute atomic E-state index is 12.8. The molecule has 0 aromatic heterocycles. The molecule has 0 rings (SSSR count). The number of quaternary nitrogens is 1. The van der Waals surface area contributed by atoms with Crippen LogP contribution in [0.5, 0.6) is 0 Å². The van der Waals surface area contributed by atoms with Crippen LogP contribution in [0.2, 0.25) is 0 Å². The molecule has 0 fully saturated rings. The summed E-state index contributed by atoms with van der Waals surface area (Å²) in [4.78, 5) is 35.7. The molecular formula is C68H109NO8P+. The molecule has 0 radical (unpaired) electrons. The average molecular weight is 1100 g/mol. The number of ether oxygens (including phenoxy) is 2. The highest BCUT2D eigenvalue weighted by Crippen LogP contribution is 2.43. The van der Waals surface area contributed by atoms with Gasteiger partial charge in [0.2, 0.25) is 0 Å². The number of rotatable bonds is 52. The average Bonchev–Trinajstić information content (AvgIpc) is 3.41. The van der Waals surface area contributed by atoms with E-state index in [1.807, 2.05) is 21.1 Å². The van der Waals surface area contributed by atoms with E-state index in [4.69, 9.17) is 18.5 Å². The van der Waals surface area contributed by atoms with E-state index in [9.17, 15) is 19.0 Å². The van der Waals surface area contributed by atoms with Crippen molar-refractivity contribution in [1.82, 2.24) is 0 Å². The van der Waals surface area contributed by atoms with Gasteiger partial charge in [0.05, 0.1) is 27.7 Å². The Morgan fingerprint density at radius 3 is 1.05 bits per heavy atom. The number of nitrogens with zero attached hydrogens (tertiary/aromatic N) is 1. The second-order valence-electron chi connectivity index (χ2n) is 20.3. The molecule has 0 amide bonds. The molecule has 0 spiro atoms. The van der Waals surface area contributed by atoms with E-state index >= 15 is 0 Å². The summed E-state index contributed by atoms with van der Waals surface area (Å²) in [6.07, 6.45) is 87.1. The van der Waals surface area contributed by atoms with Gasteiger partial charge in [-0.1, -0.05) is 223 Å². The van der Waals surface area contributed by atoms with Crippen molar-refractivity contribution in [1.29, 1.82) is 0 Å². The highest BCUT2D eigenvalue weighted by Gasteiger charge is 2.27. The lowest BCUT2D eigenvalue weighted by atomic mass is 10.1. The summed E-state index contributed by atoms with van der Waals surface area (Å²) in [7, 11) is 1.41. The second kappa shape index (κ2) is 57.1. The highest BCUT2D eigenvalue weighted by molar-refractivity contribution is 7.47. The minimum absolute atomic E-state index is 0.0111. The number of hydrogen-bond donors (Lipinski definition) is 1. The molecule has 78 heavy (non-hydrogen) atoms. The molecule has 9 nitrogen and oxygen atoms in total. The van der Waals surface area contributed by atoms with Crippen LogP contribution in [-0.2, 0) is 32.7 Å². The van der Waals surface area contributed by atoms with Gasteiger partial charge in [0, 0.05) is 12.8 Å². The fraction of sp³-hybridized carbons (Fsp3) is 0.559. The molecule has 0 aliphatic carbocycles. The lowest BCUT2D eigenvalue weighted by molar-refractivity contribution is -0.870. The van der Waals surface area contributed by atoms with Crippen LogP contribution >= 0.6 is 7.82 Å². The Labute approximate surface area is 477 Å². The van der Waals surface area contributed by atoms with Crippen molar-refractivity contribution in [2.24, 2.45) is 0 Å². The van der Waals surface area contributed by atoms with Crippen molar-refractivity contribution in [3.63, 3.8) is 0 Å². The minimum atomic E-state index is -4.42. The first kappa shape index (κ1) is 73.4. The third-order valence-corrected chi connectivity index (χ3v) is 12.7. The van der Waals surface area contributed by atoms with Gasteiger partial charge in [-0.05, 0) is 128 Å². The molecular weight excluding hydrogens is 990 g/mol. The van der Waals surface area contributed by atoms with Crippen LogP contribution < -0.4 is 0 Å². The maximum atomic E-state index is 12.8. The third kappa shape index (κ3) is 60.6. The number of phosphoric ester groups is 1. The first-order valence-corrected chi connectivity index (χ1v) is 31.4. The molecule has 0 heterocycles. The summed E-state index contributed by atoms with van der Waals surface area (Å²) in [6.45, 7) is 4.11. The Hall–Kier alpha value is -4.63. The van der Waals surface area contributed by atoms with Crippen LogP contribution in [0.4, 0.5) is 0 Å². The SMILES string of the molecule is CC/C=C\C/C=C\C/C=C\C/C=C\C/C=C\C/C=C\C/C=C\C/C=C\C/C=C\C/C=C\CCCCC(=O)OC(COC(=O)CCCCCCCCCC/C=C\C/C=C\C/C=C\C/C=C\CC)COP(=O)(O)OCC[N+](C)(C)C. The van der Waals surface area contributed by atoms with Gasteiger partial charge in [-0.15, -0.1) is 0 Å². The van der Waals surface area contributed by atoms with Crippen molar-refractivity contribution in [3.8, 4) is 0 Å². The van der Waals surface area contributed by atoms with Crippen LogP contribution in [0, 0.1) is 0 Å². The van der Waals surface area contributed by atoms with Crippen LogP contribution in [0.15, 0.2) is 170 Å². The van der Waals surface area contributed by atoms with Gasteiger partial charge in [-0.3, -0.25) is 18.6 Å². The van der Waals surface area contributed by atoms with E-state index in [1.165, 1.54) is 25.7 Å².